The van der Waals surface area contributed by atoms with Crippen molar-refractivity contribution in [3.05, 3.63) is 46.7 Å². The van der Waals surface area contributed by atoms with Crippen molar-refractivity contribution in [3.8, 4) is 11.9 Å². The molecule has 1 aromatic carbocycles. The second-order valence-electron chi connectivity index (χ2n) is 9.68. The van der Waals surface area contributed by atoms with Crippen molar-refractivity contribution in [2.75, 3.05) is 25.5 Å². The Bertz CT molecular complexity index is 1060. The number of carbonyl (C=O) groups excluding carboxylic acids is 1. The van der Waals surface area contributed by atoms with Gasteiger partial charge in [0, 0.05) is 37.0 Å². The number of aromatic nitrogens is 2. The van der Waals surface area contributed by atoms with E-state index in [1.165, 1.54) is 6.33 Å². The summed E-state index contributed by atoms with van der Waals surface area (Å²) in [5, 5.41) is 12.0. The third kappa shape index (κ3) is 11.6. The molecule has 1 aliphatic heterocycles. The van der Waals surface area contributed by atoms with Crippen LogP contribution in [-0.4, -0.2) is 52.8 Å². The lowest BCUT2D eigenvalue weighted by molar-refractivity contribution is -0.00969. The lowest BCUT2D eigenvalue weighted by Crippen LogP contribution is -2.50. The van der Waals surface area contributed by atoms with E-state index in [1.807, 2.05) is 87.3 Å². The third-order valence-electron chi connectivity index (χ3n) is 5.88. The monoisotopic (exact) mass is 575 g/mol. The number of ether oxygens (including phenoxy) is 2. The van der Waals surface area contributed by atoms with Crippen LogP contribution in [0.5, 0.6) is 5.88 Å². The number of halogens is 1. The Labute approximate surface area is 247 Å². The maximum atomic E-state index is 12.4. The Morgan fingerprint density at radius 3 is 2.25 bits per heavy atom. The summed E-state index contributed by atoms with van der Waals surface area (Å²) in [5.74, 6) is 1.40. The van der Waals surface area contributed by atoms with Crippen LogP contribution in [0.1, 0.15) is 92.7 Å². The van der Waals surface area contributed by atoms with E-state index in [2.05, 4.69) is 15.3 Å². The van der Waals surface area contributed by atoms with Crippen LogP contribution in [0.2, 0.25) is 5.02 Å². The van der Waals surface area contributed by atoms with Crippen molar-refractivity contribution in [1.82, 2.24) is 14.9 Å². The van der Waals surface area contributed by atoms with Crippen LogP contribution < -0.4 is 10.1 Å². The Morgan fingerprint density at radius 1 is 1.15 bits per heavy atom. The number of amides is 1. The standard InChI is InChI=1S/C18H28N4O3.C7H4ClN.3C2H6/c1-12-14(19-5)20-11-21-15(12)24-13-6-9-22(10-18(13)7-8-18)16(23)25-17(2,3)4;8-7-3-1-2-6(4-7)5-9;3*1-2/h11,13H,6-10H2,1-5H3,(H,19,20,21);1-4H;3*1-2H3. The van der Waals surface area contributed by atoms with Crippen molar-refractivity contribution in [2.45, 2.75) is 100 Å². The highest BCUT2D eigenvalue weighted by atomic mass is 35.5. The Balaban J connectivity index is 0.000000846. The highest BCUT2D eigenvalue weighted by Gasteiger charge is 2.55. The predicted molar refractivity (Wildman–Crippen MR) is 165 cm³/mol. The number of nitrogens with zero attached hydrogens (tertiary/aromatic N) is 4. The highest BCUT2D eigenvalue weighted by molar-refractivity contribution is 6.30. The largest absolute Gasteiger partial charge is 0.473 e. The summed E-state index contributed by atoms with van der Waals surface area (Å²) >= 11 is 5.57. The van der Waals surface area contributed by atoms with Gasteiger partial charge in [-0.3, -0.25) is 0 Å². The Kier molecular flexibility index (Phi) is 16.9. The van der Waals surface area contributed by atoms with Gasteiger partial charge in [0.1, 0.15) is 23.9 Å². The molecule has 4 rings (SSSR count). The fourth-order valence-electron chi connectivity index (χ4n) is 3.94. The molecule has 0 radical (unpaired) electrons. The van der Waals surface area contributed by atoms with Gasteiger partial charge < -0.3 is 19.7 Å². The number of nitrogens with one attached hydrogen (secondary N) is 1. The SMILES string of the molecule is CC.CC.CC.CNc1ncnc(OC2CCN(C(=O)OC(C)(C)C)CC23CC3)c1C.N#Cc1cccc(Cl)c1. The molecule has 2 fully saturated rings. The zero-order chi connectivity index (χ0) is 30.9. The van der Waals surface area contributed by atoms with E-state index in [4.69, 9.17) is 26.3 Å². The molecule has 224 valence electrons. The van der Waals surface area contributed by atoms with Gasteiger partial charge in [0.25, 0.3) is 0 Å². The van der Waals surface area contributed by atoms with Crippen LogP contribution in [0.15, 0.2) is 30.6 Å². The quantitative estimate of drug-likeness (QED) is 0.393. The molecule has 0 bridgehead atoms. The molecule has 1 N–H and O–H groups in total. The van der Waals surface area contributed by atoms with E-state index in [0.717, 1.165) is 30.6 Å². The number of rotatable bonds is 3. The van der Waals surface area contributed by atoms with Gasteiger partial charge in [-0.05, 0) is 58.7 Å². The van der Waals surface area contributed by atoms with E-state index in [1.54, 1.807) is 24.3 Å². The number of nitriles is 1. The Morgan fingerprint density at radius 2 is 1.77 bits per heavy atom. The van der Waals surface area contributed by atoms with E-state index in [9.17, 15) is 4.79 Å². The molecule has 1 atom stereocenters. The van der Waals surface area contributed by atoms with Crippen LogP contribution in [0.3, 0.4) is 0 Å². The first-order valence-corrected chi connectivity index (χ1v) is 14.7. The second kappa shape index (κ2) is 18.3. The van der Waals surface area contributed by atoms with Crippen LogP contribution in [0.4, 0.5) is 10.6 Å². The van der Waals surface area contributed by atoms with Gasteiger partial charge >= 0.3 is 6.09 Å². The van der Waals surface area contributed by atoms with Crippen molar-refractivity contribution >= 4 is 23.5 Å². The molecule has 1 amide bonds. The molecule has 1 unspecified atom stereocenters. The third-order valence-corrected chi connectivity index (χ3v) is 6.11. The predicted octanol–water partition coefficient (Wildman–Crippen LogP) is 8.29. The minimum Gasteiger partial charge on any atom is -0.473 e. The van der Waals surface area contributed by atoms with Gasteiger partial charge in [0.05, 0.1) is 17.2 Å². The first-order chi connectivity index (χ1) is 19.1. The molecule has 2 aliphatic rings. The smallest absolute Gasteiger partial charge is 0.410 e. The first kappa shape index (κ1) is 37.0. The molecule has 1 spiro atoms. The summed E-state index contributed by atoms with van der Waals surface area (Å²) in [6.07, 6.45) is 4.29. The number of likely N-dealkylation sites (tertiary alicyclic amines) is 1. The first-order valence-electron chi connectivity index (χ1n) is 14.4. The van der Waals surface area contributed by atoms with E-state index in [0.29, 0.717) is 29.6 Å². The van der Waals surface area contributed by atoms with Gasteiger partial charge in [-0.15, -0.1) is 0 Å². The van der Waals surface area contributed by atoms with E-state index in [-0.39, 0.29) is 17.6 Å². The fourth-order valence-corrected chi connectivity index (χ4v) is 4.14. The number of hydrogen-bond acceptors (Lipinski definition) is 7. The van der Waals surface area contributed by atoms with Gasteiger partial charge in [0.15, 0.2) is 0 Å². The average Bonchev–Trinajstić information content (AvgIpc) is 3.73. The summed E-state index contributed by atoms with van der Waals surface area (Å²) in [6.45, 7) is 21.0. The van der Waals surface area contributed by atoms with E-state index >= 15 is 0 Å². The molecule has 1 aliphatic carbocycles. The zero-order valence-electron chi connectivity index (χ0n) is 26.4. The lowest BCUT2D eigenvalue weighted by atomic mass is 9.91. The second-order valence-corrected chi connectivity index (χ2v) is 10.1. The summed E-state index contributed by atoms with van der Waals surface area (Å²) in [4.78, 5) is 22.7. The van der Waals surface area contributed by atoms with Crippen LogP contribution in [0, 0.1) is 23.7 Å². The summed E-state index contributed by atoms with van der Waals surface area (Å²) in [7, 11) is 1.83. The van der Waals surface area contributed by atoms with Gasteiger partial charge in [-0.1, -0.05) is 59.2 Å². The summed E-state index contributed by atoms with van der Waals surface area (Å²) in [5.41, 5.74) is 1.08. The molecular formula is C31H50ClN5O3. The Hall–Kier alpha value is -3.05. The molecule has 2 heterocycles. The number of hydrogen-bond donors (Lipinski definition) is 1. The molecule has 1 saturated carbocycles. The lowest BCUT2D eigenvalue weighted by Gasteiger charge is -2.39. The van der Waals surface area contributed by atoms with Gasteiger partial charge in [0.2, 0.25) is 5.88 Å². The number of anilines is 1. The van der Waals surface area contributed by atoms with E-state index < -0.39 is 5.60 Å². The molecule has 1 aromatic heterocycles. The topological polar surface area (TPSA) is 100 Å². The minimum atomic E-state index is -0.469. The number of benzene rings is 1. The van der Waals surface area contributed by atoms with Crippen LogP contribution in [-0.2, 0) is 4.74 Å². The highest BCUT2D eigenvalue weighted by Crippen LogP contribution is 2.53. The molecular weight excluding hydrogens is 526 g/mol. The molecule has 1 saturated heterocycles. The molecule has 2 aromatic rings. The summed E-state index contributed by atoms with van der Waals surface area (Å²) < 4.78 is 11.8. The van der Waals surface area contributed by atoms with Crippen LogP contribution >= 0.6 is 11.6 Å². The van der Waals surface area contributed by atoms with Crippen molar-refractivity contribution in [2.24, 2.45) is 5.41 Å². The maximum absolute atomic E-state index is 12.4. The zero-order valence-corrected chi connectivity index (χ0v) is 27.1. The maximum Gasteiger partial charge on any atom is 0.410 e. The fraction of sp³-hybridized carbons (Fsp3) is 0.613. The minimum absolute atomic E-state index is 0.0341. The van der Waals surface area contributed by atoms with Gasteiger partial charge in [-0.2, -0.15) is 5.26 Å². The molecule has 9 heteroatoms. The van der Waals surface area contributed by atoms with Crippen LogP contribution in [0.25, 0.3) is 0 Å². The number of carbonyl (C=O) groups is 1. The van der Waals surface area contributed by atoms with Crippen molar-refractivity contribution in [3.63, 3.8) is 0 Å². The molecule has 8 nitrogen and oxygen atoms in total. The average molecular weight is 576 g/mol. The van der Waals surface area contributed by atoms with Crippen molar-refractivity contribution < 1.29 is 14.3 Å². The van der Waals surface area contributed by atoms with Gasteiger partial charge in [-0.25, -0.2) is 14.8 Å². The van der Waals surface area contributed by atoms with Crippen molar-refractivity contribution in [1.29, 1.82) is 5.26 Å². The molecule has 40 heavy (non-hydrogen) atoms. The number of piperidine rings is 1. The normalized spacial score (nSPS) is 16.0. The summed E-state index contributed by atoms with van der Waals surface area (Å²) in [6, 6.07) is 8.81.